The molecule has 4 rings (SSSR count). The van der Waals surface area contributed by atoms with Gasteiger partial charge in [0.2, 0.25) is 0 Å². The van der Waals surface area contributed by atoms with Gasteiger partial charge in [-0.1, -0.05) is 48.5 Å². The quantitative estimate of drug-likeness (QED) is 0.600. The van der Waals surface area contributed by atoms with Crippen molar-refractivity contribution in [3.05, 3.63) is 71.9 Å². The fraction of sp³-hybridized carbons (Fsp3) is 0.150. The SMILES string of the molecule is CNc1cc2c3ccccc3n(Cc3ccccc3)c2c(C)n1. The minimum absolute atomic E-state index is 0.853. The number of hydrogen-bond donors (Lipinski definition) is 1. The number of aromatic nitrogens is 2. The molecule has 114 valence electrons. The highest BCUT2D eigenvalue weighted by atomic mass is 15.0. The molecule has 0 aliphatic carbocycles. The number of nitrogens with one attached hydrogen (secondary N) is 1. The van der Waals surface area contributed by atoms with Gasteiger partial charge in [0.15, 0.2) is 0 Å². The first-order chi connectivity index (χ1) is 11.3. The van der Waals surface area contributed by atoms with E-state index in [0.29, 0.717) is 0 Å². The summed E-state index contributed by atoms with van der Waals surface area (Å²) in [6, 6.07) is 21.3. The molecule has 0 bridgehead atoms. The summed E-state index contributed by atoms with van der Waals surface area (Å²) in [7, 11) is 1.91. The number of rotatable bonds is 3. The Bertz CT molecular complexity index is 984. The van der Waals surface area contributed by atoms with Crippen molar-refractivity contribution in [2.75, 3.05) is 12.4 Å². The molecule has 2 aromatic carbocycles. The normalized spacial score (nSPS) is 11.2. The van der Waals surface area contributed by atoms with Crippen LogP contribution in [0.15, 0.2) is 60.7 Å². The molecule has 0 atom stereocenters. The van der Waals surface area contributed by atoms with Crippen molar-refractivity contribution >= 4 is 27.6 Å². The third-order valence-corrected chi connectivity index (χ3v) is 4.36. The molecule has 0 aliphatic heterocycles. The van der Waals surface area contributed by atoms with Crippen molar-refractivity contribution in [1.82, 2.24) is 9.55 Å². The standard InChI is InChI=1S/C20H19N3/c1-14-20-17(12-19(21-2)22-14)16-10-6-7-11-18(16)23(20)13-15-8-4-3-5-9-15/h3-12H,13H2,1-2H3,(H,21,22). The van der Waals surface area contributed by atoms with Gasteiger partial charge in [0.25, 0.3) is 0 Å². The third-order valence-electron chi connectivity index (χ3n) is 4.36. The molecule has 2 aromatic heterocycles. The summed E-state index contributed by atoms with van der Waals surface area (Å²) in [5, 5.41) is 5.70. The first-order valence-electron chi connectivity index (χ1n) is 7.88. The number of nitrogens with zero attached hydrogens (tertiary/aromatic N) is 2. The monoisotopic (exact) mass is 301 g/mol. The second-order valence-corrected chi connectivity index (χ2v) is 5.83. The molecule has 0 aliphatic rings. The summed E-state index contributed by atoms with van der Waals surface area (Å²) in [5.74, 6) is 0.914. The van der Waals surface area contributed by atoms with Gasteiger partial charge in [-0.3, -0.25) is 0 Å². The molecule has 0 unspecified atom stereocenters. The molecule has 0 spiro atoms. The van der Waals surface area contributed by atoms with E-state index in [1.807, 2.05) is 7.05 Å². The van der Waals surface area contributed by atoms with Gasteiger partial charge < -0.3 is 9.88 Å². The Morgan fingerprint density at radius 3 is 2.48 bits per heavy atom. The topological polar surface area (TPSA) is 29.9 Å². The molecule has 23 heavy (non-hydrogen) atoms. The van der Waals surface area contributed by atoms with Crippen LogP contribution in [0.3, 0.4) is 0 Å². The van der Waals surface area contributed by atoms with Gasteiger partial charge >= 0.3 is 0 Å². The van der Waals surface area contributed by atoms with Crippen LogP contribution in [0.1, 0.15) is 11.3 Å². The Balaban J connectivity index is 2.04. The van der Waals surface area contributed by atoms with Crippen molar-refractivity contribution in [1.29, 1.82) is 0 Å². The molecule has 3 nitrogen and oxygen atoms in total. The van der Waals surface area contributed by atoms with E-state index in [9.17, 15) is 0 Å². The fourth-order valence-corrected chi connectivity index (χ4v) is 3.33. The first kappa shape index (κ1) is 13.8. The number of pyridine rings is 1. The lowest BCUT2D eigenvalue weighted by Gasteiger charge is -2.10. The minimum atomic E-state index is 0.853. The van der Waals surface area contributed by atoms with Crippen LogP contribution in [0, 0.1) is 6.92 Å². The third kappa shape index (κ3) is 2.25. The molecule has 0 radical (unpaired) electrons. The zero-order chi connectivity index (χ0) is 15.8. The molecule has 0 saturated carbocycles. The van der Waals surface area contributed by atoms with Crippen LogP contribution in [0.5, 0.6) is 0 Å². The van der Waals surface area contributed by atoms with E-state index in [0.717, 1.165) is 18.1 Å². The van der Waals surface area contributed by atoms with E-state index in [2.05, 4.69) is 82.5 Å². The van der Waals surface area contributed by atoms with Crippen LogP contribution in [0.4, 0.5) is 5.82 Å². The van der Waals surface area contributed by atoms with E-state index >= 15 is 0 Å². The Kier molecular flexibility index (Phi) is 3.27. The Morgan fingerprint density at radius 2 is 1.70 bits per heavy atom. The predicted octanol–water partition coefficient (Wildman–Crippen LogP) is 4.59. The maximum absolute atomic E-state index is 4.69. The molecular weight excluding hydrogens is 282 g/mol. The van der Waals surface area contributed by atoms with E-state index in [1.54, 1.807) is 0 Å². The van der Waals surface area contributed by atoms with Crippen LogP contribution < -0.4 is 5.32 Å². The molecule has 4 aromatic rings. The highest BCUT2D eigenvalue weighted by Gasteiger charge is 2.14. The molecule has 0 amide bonds. The molecule has 0 saturated heterocycles. The lowest BCUT2D eigenvalue weighted by atomic mass is 10.1. The van der Waals surface area contributed by atoms with Crippen LogP contribution in [0.2, 0.25) is 0 Å². The maximum Gasteiger partial charge on any atom is 0.126 e. The number of hydrogen-bond acceptors (Lipinski definition) is 2. The average molecular weight is 301 g/mol. The van der Waals surface area contributed by atoms with Crippen LogP contribution >= 0.6 is 0 Å². The van der Waals surface area contributed by atoms with Crippen molar-refractivity contribution in [2.45, 2.75) is 13.5 Å². The van der Waals surface area contributed by atoms with Crippen molar-refractivity contribution in [2.24, 2.45) is 0 Å². The van der Waals surface area contributed by atoms with Crippen LogP contribution in [-0.4, -0.2) is 16.6 Å². The molecule has 2 heterocycles. The second kappa shape index (κ2) is 5.43. The second-order valence-electron chi connectivity index (χ2n) is 5.83. The van der Waals surface area contributed by atoms with Gasteiger partial charge in [-0.25, -0.2) is 4.98 Å². The Hall–Kier alpha value is -2.81. The van der Waals surface area contributed by atoms with Crippen LogP contribution in [0.25, 0.3) is 21.8 Å². The number of aryl methyl sites for hydroxylation is 1. The Labute approximate surface area is 135 Å². The summed E-state index contributed by atoms with van der Waals surface area (Å²) in [6.45, 7) is 2.94. The fourth-order valence-electron chi connectivity index (χ4n) is 3.33. The molecule has 3 heteroatoms. The summed E-state index contributed by atoms with van der Waals surface area (Å²) >= 11 is 0. The molecule has 1 N–H and O–H groups in total. The number of para-hydroxylation sites is 1. The average Bonchev–Trinajstić information content (AvgIpc) is 2.90. The number of anilines is 1. The van der Waals surface area contributed by atoms with E-state index < -0.39 is 0 Å². The predicted molar refractivity (Wildman–Crippen MR) is 97.1 cm³/mol. The molecule has 0 fully saturated rings. The van der Waals surface area contributed by atoms with E-state index in [1.165, 1.54) is 27.4 Å². The number of fused-ring (bicyclic) bond motifs is 3. The van der Waals surface area contributed by atoms with Gasteiger partial charge in [-0.05, 0) is 24.6 Å². The summed E-state index contributed by atoms with van der Waals surface area (Å²) in [4.78, 5) is 4.69. The van der Waals surface area contributed by atoms with Crippen molar-refractivity contribution in [3.8, 4) is 0 Å². The summed E-state index contributed by atoms with van der Waals surface area (Å²) < 4.78 is 2.38. The van der Waals surface area contributed by atoms with Gasteiger partial charge in [0.1, 0.15) is 5.82 Å². The minimum Gasteiger partial charge on any atom is -0.373 e. The lowest BCUT2D eigenvalue weighted by molar-refractivity contribution is 0.862. The van der Waals surface area contributed by atoms with Gasteiger partial charge in [0, 0.05) is 29.9 Å². The lowest BCUT2D eigenvalue weighted by Crippen LogP contribution is -2.02. The maximum atomic E-state index is 4.69. The summed E-state index contributed by atoms with van der Waals surface area (Å²) in [5.41, 5.74) is 4.82. The van der Waals surface area contributed by atoms with Crippen LogP contribution in [-0.2, 0) is 6.54 Å². The highest BCUT2D eigenvalue weighted by molar-refractivity contribution is 6.09. The van der Waals surface area contributed by atoms with E-state index in [-0.39, 0.29) is 0 Å². The highest BCUT2D eigenvalue weighted by Crippen LogP contribution is 2.32. The molecular formula is C20H19N3. The van der Waals surface area contributed by atoms with E-state index in [4.69, 9.17) is 0 Å². The van der Waals surface area contributed by atoms with Gasteiger partial charge in [-0.15, -0.1) is 0 Å². The number of benzene rings is 2. The van der Waals surface area contributed by atoms with Crippen molar-refractivity contribution in [3.63, 3.8) is 0 Å². The van der Waals surface area contributed by atoms with Crippen molar-refractivity contribution < 1.29 is 0 Å². The zero-order valence-corrected chi connectivity index (χ0v) is 13.4. The smallest absolute Gasteiger partial charge is 0.126 e. The largest absolute Gasteiger partial charge is 0.373 e. The van der Waals surface area contributed by atoms with Gasteiger partial charge in [0.05, 0.1) is 11.2 Å². The zero-order valence-electron chi connectivity index (χ0n) is 13.4. The first-order valence-corrected chi connectivity index (χ1v) is 7.88. The Morgan fingerprint density at radius 1 is 0.957 bits per heavy atom. The van der Waals surface area contributed by atoms with Gasteiger partial charge in [-0.2, -0.15) is 0 Å². The summed E-state index contributed by atoms with van der Waals surface area (Å²) in [6.07, 6.45) is 0.